The van der Waals surface area contributed by atoms with E-state index in [9.17, 15) is 19.5 Å². The molecule has 6 heterocycles. The lowest BCUT2D eigenvalue weighted by molar-refractivity contribution is -0.129. The fourth-order valence-corrected chi connectivity index (χ4v) is 9.32. The predicted octanol–water partition coefficient (Wildman–Crippen LogP) is 4.37. The molecule has 1 spiro atoms. The van der Waals surface area contributed by atoms with E-state index in [2.05, 4.69) is 29.8 Å². The van der Waals surface area contributed by atoms with Crippen LogP contribution in [0, 0.1) is 5.41 Å². The Kier molecular flexibility index (Phi) is 7.89. The second-order valence-corrected chi connectivity index (χ2v) is 15.7. The molecular weight excluding hydrogens is 699 g/mol. The first-order chi connectivity index (χ1) is 26.7. The summed E-state index contributed by atoms with van der Waals surface area (Å²) in [6.07, 6.45) is 5.00. The average molecular weight is 740 g/mol. The fourth-order valence-electron chi connectivity index (χ4n) is 9.32. The third kappa shape index (κ3) is 5.70. The van der Waals surface area contributed by atoms with Crippen LogP contribution in [-0.2, 0) is 4.79 Å². The van der Waals surface area contributed by atoms with Gasteiger partial charge in [-0.1, -0.05) is 18.2 Å². The number of carbonyl (C=O) groups excluding carboxylic acids is 3. The number of para-hydroxylation sites is 1. The molecule has 280 valence electrons. The van der Waals surface area contributed by atoms with Crippen LogP contribution in [0.25, 0.3) is 22.3 Å². The van der Waals surface area contributed by atoms with E-state index < -0.39 is 24.1 Å². The molecule has 4 N–H and O–H groups in total. The first kappa shape index (κ1) is 33.7. The molecule has 2 atom stereocenters. The number of nitrogens with zero attached hydrogens (tertiary/aromatic N) is 7. The standard InChI is InChI=1S/C41H41N9O5/c42-36-34-35(24-6-9-29(10-7-24)55-28-4-2-1-3-5-28)46-50(37(34)44-23-43-36)26-19-41(20-26)14-16-47(17-15-41)27-21-48(22-27)25-8-11-30-31(18-25)40(54)49(39(30)53)32-12-13-33(51)45-38(32)52/h1-11,18,23,26-27,32,38,52H,12-17,19-22H2,(H,45,51)(H2,42,43,44). The monoisotopic (exact) mass is 739 g/mol. The average Bonchev–Trinajstić information content (AvgIpc) is 3.66. The molecule has 5 aliphatic rings. The number of hydrogen-bond donors (Lipinski definition) is 3. The number of imide groups is 1. The molecule has 0 bridgehead atoms. The summed E-state index contributed by atoms with van der Waals surface area (Å²) in [4.78, 5) is 53.2. The van der Waals surface area contributed by atoms with Crippen LogP contribution in [0.15, 0.2) is 79.1 Å². The Labute approximate surface area is 316 Å². The summed E-state index contributed by atoms with van der Waals surface area (Å²) < 4.78 is 8.07. The Morgan fingerprint density at radius 3 is 2.33 bits per heavy atom. The highest BCUT2D eigenvalue weighted by Crippen LogP contribution is 2.56. The number of benzene rings is 3. The van der Waals surface area contributed by atoms with E-state index >= 15 is 0 Å². The van der Waals surface area contributed by atoms with Crippen molar-refractivity contribution in [1.82, 2.24) is 34.9 Å². The van der Waals surface area contributed by atoms with Gasteiger partial charge in [-0.3, -0.25) is 24.2 Å². The number of amides is 3. The second-order valence-electron chi connectivity index (χ2n) is 15.7. The summed E-state index contributed by atoms with van der Waals surface area (Å²) in [5.41, 5.74) is 10.8. The summed E-state index contributed by atoms with van der Waals surface area (Å²) >= 11 is 0. The minimum Gasteiger partial charge on any atom is -0.457 e. The molecule has 14 heteroatoms. The first-order valence-corrected chi connectivity index (χ1v) is 19.0. The number of carbonyl (C=O) groups is 3. The molecule has 1 aliphatic carbocycles. The fraction of sp³-hybridized carbons (Fsp3) is 0.366. The van der Waals surface area contributed by atoms with Crippen molar-refractivity contribution in [3.63, 3.8) is 0 Å². The number of fused-ring (bicyclic) bond motifs is 2. The van der Waals surface area contributed by atoms with E-state index in [1.807, 2.05) is 60.7 Å². The largest absolute Gasteiger partial charge is 0.457 e. The van der Waals surface area contributed by atoms with Crippen LogP contribution < -0.4 is 20.7 Å². The molecule has 14 nitrogen and oxygen atoms in total. The van der Waals surface area contributed by atoms with Gasteiger partial charge in [0.25, 0.3) is 11.8 Å². The van der Waals surface area contributed by atoms with Crippen molar-refractivity contribution in [2.45, 2.75) is 62.9 Å². The molecule has 1 saturated carbocycles. The van der Waals surface area contributed by atoms with Gasteiger partial charge in [0.1, 0.15) is 35.6 Å². The molecule has 10 rings (SSSR count). The maximum Gasteiger partial charge on any atom is 0.262 e. The van der Waals surface area contributed by atoms with Crippen molar-refractivity contribution in [3.8, 4) is 22.8 Å². The van der Waals surface area contributed by atoms with Crippen LogP contribution >= 0.6 is 0 Å². The summed E-state index contributed by atoms with van der Waals surface area (Å²) in [5, 5.41) is 18.7. The van der Waals surface area contributed by atoms with Gasteiger partial charge in [-0.05, 0) is 105 Å². The Morgan fingerprint density at radius 2 is 1.58 bits per heavy atom. The Hall–Kier alpha value is -5.86. The van der Waals surface area contributed by atoms with Gasteiger partial charge < -0.3 is 25.8 Å². The number of piperidine rings is 2. The number of aromatic nitrogens is 4. The summed E-state index contributed by atoms with van der Waals surface area (Å²) in [5.74, 6) is 0.809. The number of nitrogens with one attached hydrogen (secondary N) is 1. The molecular formula is C41H41N9O5. The van der Waals surface area contributed by atoms with Crippen molar-refractivity contribution in [1.29, 1.82) is 0 Å². The molecule has 3 amide bonds. The third-order valence-corrected chi connectivity index (χ3v) is 12.5. The second kappa shape index (κ2) is 12.9. The number of aliphatic hydroxyl groups is 1. The van der Waals surface area contributed by atoms with E-state index in [1.165, 1.54) is 6.33 Å². The van der Waals surface area contributed by atoms with E-state index in [0.29, 0.717) is 23.0 Å². The molecule has 3 aromatic carbocycles. The van der Waals surface area contributed by atoms with Crippen molar-refractivity contribution < 1.29 is 24.2 Å². The summed E-state index contributed by atoms with van der Waals surface area (Å²) in [6.45, 7) is 3.79. The minimum atomic E-state index is -1.27. The molecule has 0 radical (unpaired) electrons. The molecule has 2 aromatic heterocycles. The minimum absolute atomic E-state index is 0.156. The summed E-state index contributed by atoms with van der Waals surface area (Å²) in [7, 11) is 0. The highest BCUT2D eigenvalue weighted by molar-refractivity contribution is 6.22. The Bertz CT molecular complexity index is 2330. The maximum atomic E-state index is 13.4. The van der Waals surface area contributed by atoms with E-state index in [-0.39, 0.29) is 30.2 Å². The SMILES string of the molecule is Nc1ncnc2c1c(-c1ccc(Oc3ccccc3)cc1)nn2C1CC2(CCN(C3CN(c4ccc5c(c4)C(=O)N(C4CCC(=O)NC4O)C5=O)C3)CC2)C1. The number of nitrogens with two attached hydrogens (primary N) is 1. The zero-order valence-corrected chi connectivity index (χ0v) is 30.2. The van der Waals surface area contributed by atoms with Gasteiger partial charge in [-0.15, -0.1) is 0 Å². The number of anilines is 2. The normalized spacial score (nSPS) is 22.8. The van der Waals surface area contributed by atoms with Crippen LogP contribution in [0.3, 0.4) is 0 Å². The summed E-state index contributed by atoms with van der Waals surface area (Å²) in [6, 6.07) is 22.9. The van der Waals surface area contributed by atoms with Crippen molar-refractivity contribution in [2.24, 2.45) is 5.41 Å². The van der Waals surface area contributed by atoms with Gasteiger partial charge in [0.2, 0.25) is 5.91 Å². The number of hydrogen-bond acceptors (Lipinski definition) is 11. The van der Waals surface area contributed by atoms with Gasteiger partial charge in [0.15, 0.2) is 5.65 Å². The Morgan fingerprint density at radius 1 is 0.855 bits per heavy atom. The maximum absolute atomic E-state index is 13.4. The number of nitrogen functional groups attached to an aromatic ring is 1. The smallest absolute Gasteiger partial charge is 0.262 e. The highest BCUT2D eigenvalue weighted by atomic mass is 16.5. The van der Waals surface area contributed by atoms with Crippen LogP contribution in [0.1, 0.15) is 65.3 Å². The van der Waals surface area contributed by atoms with E-state index in [1.54, 1.807) is 12.1 Å². The van der Waals surface area contributed by atoms with Crippen LogP contribution in [-0.4, -0.2) is 96.9 Å². The topological polar surface area (TPSA) is 172 Å². The van der Waals surface area contributed by atoms with E-state index in [4.69, 9.17) is 15.6 Å². The molecule has 3 saturated heterocycles. The van der Waals surface area contributed by atoms with Gasteiger partial charge in [0.05, 0.1) is 28.6 Å². The van der Waals surface area contributed by atoms with Crippen molar-refractivity contribution in [3.05, 3.63) is 90.3 Å². The molecule has 4 fully saturated rings. The van der Waals surface area contributed by atoms with Crippen molar-refractivity contribution in [2.75, 3.05) is 36.8 Å². The van der Waals surface area contributed by atoms with Crippen LogP contribution in [0.4, 0.5) is 11.5 Å². The molecule has 5 aromatic rings. The number of ether oxygens (including phenoxy) is 1. The predicted molar refractivity (Wildman–Crippen MR) is 203 cm³/mol. The van der Waals surface area contributed by atoms with Crippen molar-refractivity contribution >= 4 is 40.3 Å². The molecule has 55 heavy (non-hydrogen) atoms. The van der Waals surface area contributed by atoms with Gasteiger partial charge in [0, 0.05) is 36.8 Å². The lowest BCUT2D eigenvalue weighted by atomic mass is 9.60. The third-order valence-electron chi connectivity index (χ3n) is 12.5. The highest BCUT2D eigenvalue weighted by Gasteiger charge is 2.49. The van der Waals surface area contributed by atoms with E-state index in [0.717, 1.165) is 96.2 Å². The zero-order chi connectivity index (χ0) is 37.4. The molecule has 2 unspecified atom stereocenters. The first-order valence-electron chi connectivity index (χ1n) is 19.0. The quantitative estimate of drug-likeness (QED) is 0.203. The lowest BCUT2D eigenvalue weighted by Gasteiger charge is -2.55. The van der Waals surface area contributed by atoms with Gasteiger partial charge >= 0.3 is 0 Å². The van der Waals surface area contributed by atoms with Crippen LogP contribution in [0.5, 0.6) is 11.5 Å². The lowest BCUT2D eigenvalue weighted by Crippen LogP contribution is -2.62. The zero-order valence-electron chi connectivity index (χ0n) is 30.2. The number of rotatable bonds is 7. The molecule has 4 aliphatic heterocycles. The van der Waals surface area contributed by atoms with Crippen LogP contribution in [0.2, 0.25) is 0 Å². The van der Waals surface area contributed by atoms with Gasteiger partial charge in [-0.2, -0.15) is 5.10 Å². The number of aliphatic hydroxyl groups excluding tert-OH is 1. The van der Waals surface area contributed by atoms with Gasteiger partial charge in [-0.25, -0.2) is 14.6 Å². The number of likely N-dealkylation sites (tertiary alicyclic amines) is 1. The Balaban J connectivity index is 0.764.